The number of piperidine rings is 1. The lowest BCUT2D eigenvalue weighted by molar-refractivity contribution is 0.0906. The van der Waals surface area contributed by atoms with Gasteiger partial charge in [-0.05, 0) is 65.7 Å². The smallest absolute Gasteiger partial charge is 0.273 e. The van der Waals surface area contributed by atoms with Crippen LogP contribution >= 0.6 is 24.8 Å². The van der Waals surface area contributed by atoms with E-state index >= 15 is 0 Å². The molecule has 1 saturated heterocycles. The zero-order valence-corrected chi connectivity index (χ0v) is 16.6. The summed E-state index contributed by atoms with van der Waals surface area (Å²) in [6, 6.07) is 1.16. The lowest BCUT2D eigenvalue weighted by Gasteiger charge is -2.33. The van der Waals surface area contributed by atoms with Gasteiger partial charge in [-0.3, -0.25) is 4.79 Å². The zero-order valence-electron chi connectivity index (χ0n) is 15.0. The second-order valence-corrected chi connectivity index (χ2v) is 7.02. The largest absolute Gasteiger partial charge is 0.348 e. The summed E-state index contributed by atoms with van der Waals surface area (Å²) in [5.74, 6) is -0.0883. The van der Waals surface area contributed by atoms with Crippen LogP contribution in [0.15, 0.2) is 6.20 Å². The average molecular weight is 393 g/mol. The molecule has 2 fully saturated rings. The van der Waals surface area contributed by atoms with Crippen molar-refractivity contribution in [2.45, 2.75) is 56.7 Å². The van der Waals surface area contributed by atoms with Crippen LogP contribution in [0, 0.1) is 0 Å². The second-order valence-electron chi connectivity index (χ2n) is 7.02. The van der Waals surface area contributed by atoms with E-state index in [2.05, 4.69) is 39.9 Å². The summed E-state index contributed by atoms with van der Waals surface area (Å²) in [5, 5.41) is 14.7. The van der Waals surface area contributed by atoms with Gasteiger partial charge in [0.1, 0.15) is 0 Å². The quantitative estimate of drug-likeness (QED) is 0.814. The summed E-state index contributed by atoms with van der Waals surface area (Å²) in [6.45, 7) is 2.00. The molecule has 9 heteroatoms. The minimum absolute atomic E-state index is 0. The van der Waals surface area contributed by atoms with Gasteiger partial charge in [0, 0.05) is 12.1 Å². The highest BCUT2D eigenvalue weighted by molar-refractivity contribution is 5.92. The fraction of sp³-hybridized carbons (Fsp3) is 0.812. The van der Waals surface area contributed by atoms with Crippen molar-refractivity contribution in [3.8, 4) is 0 Å². The summed E-state index contributed by atoms with van der Waals surface area (Å²) in [5.41, 5.74) is 0.440. The van der Waals surface area contributed by atoms with Crippen LogP contribution in [-0.2, 0) is 0 Å². The maximum atomic E-state index is 12.4. The van der Waals surface area contributed by atoms with Crippen LogP contribution in [0.2, 0.25) is 0 Å². The number of rotatable bonds is 4. The van der Waals surface area contributed by atoms with Crippen LogP contribution < -0.4 is 10.6 Å². The molecule has 7 nitrogen and oxygen atoms in total. The van der Waals surface area contributed by atoms with Gasteiger partial charge in [0.15, 0.2) is 5.69 Å². The number of nitrogens with zero attached hydrogens (tertiary/aromatic N) is 4. The van der Waals surface area contributed by atoms with E-state index in [0.717, 1.165) is 45.2 Å². The molecule has 1 aliphatic carbocycles. The van der Waals surface area contributed by atoms with Crippen molar-refractivity contribution >= 4 is 30.7 Å². The van der Waals surface area contributed by atoms with Gasteiger partial charge in [0.05, 0.1) is 12.2 Å². The summed E-state index contributed by atoms with van der Waals surface area (Å²) < 4.78 is 1.86. The molecular formula is C16H30Cl2N6O. The SMILES string of the molecule is CN(C)C1CCCC(NC(=O)c2cn(C3CCNCC3)nn2)C1.Cl.Cl. The zero-order chi connectivity index (χ0) is 16.2. The molecule has 2 atom stereocenters. The second kappa shape index (κ2) is 10.3. The monoisotopic (exact) mass is 392 g/mol. The van der Waals surface area contributed by atoms with Crippen LogP contribution in [0.25, 0.3) is 0 Å². The van der Waals surface area contributed by atoms with E-state index in [9.17, 15) is 4.79 Å². The van der Waals surface area contributed by atoms with Crippen molar-refractivity contribution in [1.82, 2.24) is 30.5 Å². The van der Waals surface area contributed by atoms with Crippen molar-refractivity contribution in [3.63, 3.8) is 0 Å². The number of aromatic nitrogens is 3. The van der Waals surface area contributed by atoms with E-state index < -0.39 is 0 Å². The van der Waals surface area contributed by atoms with Gasteiger partial charge in [0.25, 0.3) is 5.91 Å². The molecule has 1 saturated carbocycles. The van der Waals surface area contributed by atoms with E-state index in [1.54, 1.807) is 6.20 Å². The first kappa shape index (κ1) is 22.2. The van der Waals surface area contributed by atoms with Gasteiger partial charge in [-0.2, -0.15) is 0 Å². The van der Waals surface area contributed by atoms with Crippen molar-refractivity contribution in [2.24, 2.45) is 0 Å². The normalized spacial score (nSPS) is 24.3. The van der Waals surface area contributed by atoms with Crippen LogP contribution in [-0.4, -0.2) is 65.1 Å². The van der Waals surface area contributed by atoms with Crippen molar-refractivity contribution in [3.05, 3.63) is 11.9 Å². The Morgan fingerprint density at radius 1 is 1.24 bits per heavy atom. The summed E-state index contributed by atoms with van der Waals surface area (Å²) in [6.07, 6.45) is 8.33. The summed E-state index contributed by atoms with van der Waals surface area (Å²) >= 11 is 0. The molecule has 3 rings (SSSR count). The Balaban J connectivity index is 0.00000156. The first-order valence-corrected chi connectivity index (χ1v) is 8.73. The molecule has 1 amide bonds. The molecule has 25 heavy (non-hydrogen) atoms. The Kier molecular flexibility index (Phi) is 9.13. The van der Waals surface area contributed by atoms with Crippen LogP contribution in [0.4, 0.5) is 0 Å². The molecule has 1 aliphatic heterocycles. The number of nitrogens with one attached hydrogen (secondary N) is 2. The van der Waals surface area contributed by atoms with Crippen LogP contribution in [0.3, 0.4) is 0 Å². The average Bonchev–Trinajstić information content (AvgIpc) is 3.06. The number of carbonyl (C=O) groups is 1. The first-order chi connectivity index (χ1) is 11.1. The Morgan fingerprint density at radius 2 is 1.96 bits per heavy atom. The van der Waals surface area contributed by atoms with E-state index in [4.69, 9.17) is 0 Å². The molecule has 144 valence electrons. The van der Waals surface area contributed by atoms with E-state index in [-0.39, 0.29) is 36.8 Å². The Bertz CT molecular complexity index is 532. The fourth-order valence-electron chi connectivity index (χ4n) is 3.65. The third-order valence-corrected chi connectivity index (χ3v) is 5.14. The van der Waals surface area contributed by atoms with Crippen molar-refractivity contribution < 1.29 is 4.79 Å². The highest BCUT2D eigenvalue weighted by atomic mass is 35.5. The third-order valence-electron chi connectivity index (χ3n) is 5.14. The molecule has 2 unspecified atom stereocenters. The highest BCUT2D eigenvalue weighted by Gasteiger charge is 2.26. The lowest BCUT2D eigenvalue weighted by Crippen LogP contribution is -2.43. The molecule has 1 aromatic heterocycles. The van der Waals surface area contributed by atoms with Crippen LogP contribution in [0.1, 0.15) is 55.1 Å². The molecule has 2 heterocycles. The first-order valence-electron chi connectivity index (χ1n) is 8.73. The van der Waals surface area contributed by atoms with Gasteiger partial charge in [-0.25, -0.2) is 4.68 Å². The number of carbonyl (C=O) groups excluding carboxylic acids is 1. The van der Waals surface area contributed by atoms with E-state index in [1.807, 2.05) is 4.68 Å². The number of amides is 1. The fourth-order valence-corrected chi connectivity index (χ4v) is 3.65. The third kappa shape index (κ3) is 5.81. The number of hydrogen-bond donors (Lipinski definition) is 2. The van der Waals surface area contributed by atoms with Gasteiger partial charge >= 0.3 is 0 Å². The standard InChI is InChI=1S/C16H28N6O.2ClH/c1-21(2)14-5-3-4-12(10-14)18-16(23)15-11-22(20-19-15)13-6-8-17-9-7-13;;/h11-14,17H,3-10H2,1-2H3,(H,18,23);2*1H. The molecule has 0 spiro atoms. The predicted molar refractivity (Wildman–Crippen MR) is 103 cm³/mol. The van der Waals surface area contributed by atoms with Gasteiger partial charge in [-0.15, -0.1) is 29.9 Å². The maximum Gasteiger partial charge on any atom is 0.273 e. The van der Waals surface area contributed by atoms with E-state index in [1.165, 1.54) is 6.42 Å². The molecule has 1 aromatic rings. The number of halogens is 2. The molecule has 0 bridgehead atoms. The highest BCUT2D eigenvalue weighted by Crippen LogP contribution is 2.22. The Labute approximate surface area is 162 Å². The topological polar surface area (TPSA) is 75.1 Å². The lowest BCUT2D eigenvalue weighted by atomic mass is 9.90. The minimum atomic E-state index is -0.0883. The molecular weight excluding hydrogens is 363 g/mol. The van der Waals surface area contributed by atoms with Crippen molar-refractivity contribution in [2.75, 3.05) is 27.2 Å². The van der Waals surface area contributed by atoms with Gasteiger partial charge < -0.3 is 15.5 Å². The summed E-state index contributed by atoms with van der Waals surface area (Å²) in [7, 11) is 4.22. The molecule has 2 N–H and O–H groups in total. The predicted octanol–water partition coefficient (Wildman–Crippen LogP) is 1.65. The maximum absolute atomic E-state index is 12.4. The molecule has 2 aliphatic rings. The van der Waals surface area contributed by atoms with E-state index in [0.29, 0.717) is 17.8 Å². The van der Waals surface area contributed by atoms with Gasteiger partial charge in [0.2, 0.25) is 0 Å². The Hall–Kier alpha value is -0.890. The molecule has 0 radical (unpaired) electrons. The number of hydrogen-bond acceptors (Lipinski definition) is 5. The van der Waals surface area contributed by atoms with Crippen molar-refractivity contribution in [1.29, 1.82) is 0 Å². The molecule has 0 aromatic carbocycles. The van der Waals surface area contributed by atoms with Gasteiger partial charge in [-0.1, -0.05) is 5.21 Å². The summed E-state index contributed by atoms with van der Waals surface area (Å²) in [4.78, 5) is 14.7. The Morgan fingerprint density at radius 3 is 2.64 bits per heavy atom. The van der Waals surface area contributed by atoms with Crippen LogP contribution in [0.5, 0.6) is 0 Å². The minimum Gasteiger partial charge on any atom is -0.348 e.